The molecular formula is C13H21N3O2. The minimum absolute atomic E-state index is 0.0456. The first kappa shape index (κ1) is 13.2. The van der Waals surface area contributed by atoms with Gasteiger partial charge in [0, 0.05) is 19.1 Å². The largest absolute Gasteiger partial charge is 0.444 e. The van der Waals surface area contributed by atoms with Crippen LogP contribution in [-0.2, 0) is 4.74 Å². The molecule has 1 saturated carbocycles. The summed E-state index contributed by atoms with van der Waals surface area (Å²) in [6.07, 6.45) is 2.03. The van der Waals surface area contributed by atoms with Gasteiger partial charge in [-0.3, -0.25) is 5.32 Å². The third-order valence-electron chi connectivity index (χ3n) is 3.18. The van der Waals surface area contributed by atoms with E-state index in [0.29, 0.717) is 19.0 Å². The van der Waals surface area contributed by atoms with Crippen molar-refractivity contribution in [2.24, 2.45) is 5.92 Å². The predicted octanol–water partition coefficient (Wildman–Crippen LogP) is 1.50. The smallest absolute Gasteiger partial charge is 0.410 e. The first-order valence-corrected chi connectivity index (χ1v) is 6.52. The Morgan fingerprint density at radius 2 is 2.06 bits per heavy atom. The Hall–Kier alpha value is -1.28. The molecule has 1 atom stereocenters. The second kappa shape index (κ2) is 4.77. The Morgan fingerprint density at radius 3 is 2.50 bits per heavy atom. The molecule has 0 aromatic heterocycles. The highest BCUT2D eigenvalue weighted by Crippen LogP contribution is 2.32. The van der Waals surface area contributed by atoms with Crippen LogP contribution in [0.25, 0.3) is 0 Å². The van der Waals surface area contributed by atoms with Gasteiger partial charge in [-0.05, 0) is 39.5 Å². The molecule has 2 aliphatic rings. The first-order valence-electron chi connectivity index (χ1n) is 6.52. The number of carbonyl (C=O) groups excluding carboxylic acids is 1. The van der Waals surface area contributed by atoms with Crippen LogP contribution in [0.5, 0.6) is 0 Å². The molecule has 0 aromatic carbocycles. The molecule has 100 valence electrons. The van der Waals surface area contributed by atoms with Gasteiger partial charge in [0.2, 0.25) is 0 Å². The summed E-state index contributed by atoms with van der Waals surface area (Å²) in [5.74, 6) is 0.519. The molecule has 2 fully saturated rings. The molecule has 5 nitrogen and oxygen atoms in total. The number of likely N-dealkylation sites (tertiary alicyclic amines) is 1. The molecule has 0 bridgehead atoms. The molecule has 1 aliphatic heterocycles. The Balaban J connectivity index is 1.70. The minimum Gasteiger partial charge on any atom is -0.444 e. The van der Waals surface area contributed by atoms with Gasteiger partial charge in [0.1, 0.15) is 5.60 Å². The van der Waals surface area contributed by atoms with E-state index < -0.39 is 5.60 Å². The number of hydrogen-bond donors (Lipinski definition) is 1. The van der Waals surface area contributed by atoms with Crippen LogP contribution in [0.3, 0.4) is 0 Å². The van der Waals surface area contributed by atoms with Gasteiger partial charge in [0.05, 0.1) is 12.1 Å². The summed E-state index contributed by atoms with van der Waals surface area (Å²) in [6, 6.07) is 2.49. The van der Waals surface area contributed by atoms with Crippen LogP contribution in [0.1, 0.15) is 33.6 Å². The van der Waals surface area contributed by atoms with E-state index in [1.165, 1.54) is 0 Å². The average Bonchev–Trinajstić information content (AvgIpc) is 2.96. The maximum Gasteiger partial charge on any atom is 0.410 e. The van der Waals surface area contributed by atoms with E-state index >= 15 is 0 Å². The highest BCUT2D eigenvalue weighted by Gasteiger charge is 2.38. The maximum atomic E-state index is 11.7. The minimum atomic E-state index is -0.446. The van der Waals surface area contributed by atoms with Gasteiger partial charge < -0.3 is 9.64 Å². The van der Waals surface area contributed by atoms with Crippen molar-refractivity contribution in [1.82, 2.24) is 10.2 Å². The summed E-state index contributed by atoms with van der Waals surface area (Å²) < 4.78 is 5.28. The van der Waals surface area contributed by atoms with Crippen LogP contribution < -0.4 is 5.32 Å². The van der Waals surface area contributed by atoms with Crippen LogP contribution in [0.4, 0.5) is 4.79 Å². The number of nitrogens with one attached hydrogen (secondary N) is 1. The van der Waals surface area contributed by atoms with Crippen LogP contribution in [0, 0.1) is 17.2 Å². The summed E-state index contributed by atoms with van der Waals surface area (Å²) in [6.45, 7) is 6.86. The molecule has 1 N–H and O–H groups in total. The predicted molar refractivity (Wildman–Crippen MR) is 66.9 cm³/mol. The summed E-state index contributed by atoms with van der Waals surface area (Å²) in [5, 5.41) is 12.3. The second-order valence-corrected chi connectivity index (χ2v) is 6.19. The normalized spacial score (nSPS) is 22.0. The average molecular weight is 251 g/mol. The van der Waals surface area contributed by atoms with Crippen molar-refractivity contribution in [2.75, 3.05) is 13.1 Å². The molecule has 18 heavy (non-hydrogen) atoms. The van der Waals surface area contributed by atoms with Crippen LogP contribution in [0.15, 0.2) is 0 Å². The van der Waals surface area contributed by atoms with Gasteiger partial charge in [0.25, 0.3) is 0 Å². The number of rotatable bonds is 3. The number of carbonyl (C=O) groups is 1. The standard InChI is InChI=1S/C13H21N3O2/c1-13(2,3)18-12(17)16-7-10(8-16)15-11(6-14)9-4-5-9/h9-11,15H,4-5,7-8H2,1-3H3/t11-/m1/s1. The molecule has 1 saturated heterocycles. The molecule has 2 rings (SSSR count). The van der Waals surface area contributed by atoms with Gasteiger partial charge in [0.15, 0.2) is 0 Å². The Kier molecular flexibility index (Phi) is 3.49. The van der Waals surface area contributed by atoms with E-state index in [-0.39, 0.29) is 18.2 Å². The lowest BCUT2D eigenvalue weighted by molar-refractivity contribution is 0.00456. The molecule has 0 unspecified atom stereocenters. The number of ether oxygens (including phenoxy) is 1. The first-order chi connectivity index (χ1) is 8.39. The van der Waals surface area contributed by atoms with E-state index in [9.17, 15) is 4.79 Å². The van der Waals surface area contributed by atoms with Crippen LogP contribution >= 0.6 is 0 Å². The van der Waals surface area contributed by atoms with E-state index in [1.807, 2.05) is 20.8 Å². The fourth-order valence-electron chi connectivity index (χ4n) is 2.02. The van der Waals surface area contributed by atoms with Gasteiger partial charge in [-0.25, -0.2) is 4.79 Å². The number of amides is 1. The number of nitrogens with zero attached hydrogens (tertiary/aromatic N) is 2. The van der Waals surface area contributed by atoms with Crippen molar-refractivity contribution >= 4 is 6.09 Å². The summed E-state index contributed by atoms with van der Waals surface area (Å²) in [4.78, 5) is 13.4. The van der Waals surface area contributed by atoms with Gasteiger partial charge in [-0.1, -0.05) is 0 Å². The SMILES string of the molecule is CC(C)(C)OC(=O)N1CC(N[C@H](C#N)C2CC2)C1. The lowest BCUT2D eigenvalue weighted by Crippen LogP contribution is -2.62. The van der Waals surface area contributed by atoms with Gasteiger partial charge >= 0.3 is 6.09 Å². The summed E-state index contributed by atoms with van der Waals surface area (Å²) >= 11 is 0. The van der Waals surface area contributed by atoms with E-state index in [2.05, 4.69) is 11.4 Å². The Labute approximate surface area is 108 Å². The van der Waals surface area contributed by atoms with Crippen molar-refractivity contribution in [3.05, 3.63) is 0 Å². The lowest BCUT2D eigenvalue weighted by Gasteiger charge is -2.41. The van der Waals surface area contributed by atoms with Gasteiger partial charge in [-0.15, -0.1) is 0 Å². The quantitative estimate of drug-likeness (QED) is 0.825. The zero-order valence-corrected chi connectivity index (χ0v) is 11.3. The lowest BCUT2D eigenvalue weighted by atomic mass is 10.1. The van der Waals surface area contributed by atoms with Crippen molar-refractivity contribution < 1.29 is 9.53 Å². The highest BCUT2D eigenvalue weighted by atomic mass is 16.6. The highest BCUT2D eigenvalue weighted by molar-refractivity contribution is 5.69. The van der Waals surface area contributed by atoms with Crippen molar-refractivity contribution in [2.45, 2.75) is 51.3 Å². The molecule has 1 amide bonds. The van der Waals surface area contributed by atoms with Crippen molar-refractivity contribution in [3.8, 4) is 6.07 Å². The maximum absolute atomic E-state index is 11.7. The Bertz CT molecular complexity index is 359. The molecule has 1 aliphatic carbocycles. The Morgan fingerprint density at radius 1 is 1.44 bits per heavy atom. The number of hydrogen-bond acceptors (Lipinski definition) is 4. The van der Waals surface area contributed by atoms with Crippen molar-refractivity contribution in [3.63, 3.8) is 0 Å². The van der Waals surface area contributed by atoms with Crippen LogP contribution in [-0.4, -0.2) is 41.8 Å². The van der Waals surface area contributed by atoms with Gasteiger partial charge in [-0.2, -0.15) is 5.26 Å². The van der Waals surface area contributed by atoms with E-state index in [0.717, 1.165) is 12.8 Å². The molecule has 5 heteroatoms. The fourth-order valence-corrected chi connectivity index (χ4v) is 2.02. The molecule has 1 heterocycles. The summed E-state index contributed by atoms with van der Waals surface area (Å²) in [5.41, 5.74) is -0.446. The summed E-state index contributed by atoms with van der Waals surface area (Å²) in [7, 11) is 0. The third kappa shape index (κ3) is 3.36. The zero-order chi connectivity index (χ0) is 13.3. The topological polar surface area (TPSA) is 65.4 Å². The fraction of sp³-hybridized carbons (Fsp3) is 0.846. The zero-order valence-electron chi connectivity index (χ0n) is 11.3. The molecule has 0 radical (unpaired) electrons. The van der Waals surface area contributed by atoms with Crippen LogP contribution in [0.2, 0.25) is 0 Å². The van der Waals surface area contributed by atoms with E-state index in [4.69, 9.17) is 10.00 Å². The number of nitriles is 1. The van der Waals surface area contributed by atoms with Crippen molar-refractivity contribution in [1.29, 1.82) is 5.26 Å². The second-order valence-electron chi connectivity index (χ2n) is 6.19. The van der Waals surface area contributed by atoms with E-state index in [1.54, 1.807) is 4.90 Å². The third-order valence-corrected chi connectivity index (χ3v) is 3.18. The molecule has 0 aromatic rings. The molecule has 0 spiro atoms. The molecular weight excluding hydrogens is 230 g/mol. The monoisotopic (exact) mass is 251 g/mol.